The molecule has 0 aromatic heterocycles. The minimum Gasteiger partial charge on any atom is -1.00 e. The van der Waals surface area contributed by atoms with Gasteiger partial charge in [0.15, 0.2) is 0 Å². The van der Waals surface area contributed by atoms with Gasteiger partial charge in [0.2, 0.25) is 0 Å². The quantitative estimate of drug-likeness (QED) is 0.436. The molecule has 0 spiro atoms. The van der Waals surface area contributed by atoms with Gasteiger partial charge in [-0.3, -0.25) is 0 Å². The topological polar surface area (TPSA) is 49.7 Å². The van der Waals surface area contributed by atoms with Crippen LogP contribution in [-0.2, 0) is 4.74 Å². The Morgan fingerprint density at radius 2 is 1.82 bits per heavy atom. The normalized spacial score (nSPS) is 14.2. The predicted octanol–water partition coefficient (Wildman–Crippen LogP) is -6.23. The van der Waals surface area contributed by atoms with Gasteiger partial charge in [0.1, 0.15) is 0 Å². The van der Waals surface area contributed by atoms with E-state index >= 15 is 0 Å². The van der Waals surface area contributed by atoms with Crippen LogP contribution in [0.3, 0.4) is 0 Å². The third-order valence-electron chi connectivity index (χ3n) is 0.879. The van der Waals surface area contributed by atoms with Crippen LogP contribution in [-0.4, -0.2) is 35.6 Å². The summed E-state index contributed by atoms with van der Waals surface area (Å²) in [7, 11) is 0. The molecule has 0 aromatic rings. The van der Waals surface area contributed by atoms with Crippen molar-refractivity contribution in [2.45, 2.75) is 26.1 Å². The Kier molecular flexibility index (Phi) is 18.3. The van der Waals surface area contributed by atoms with Gasteiger partial charge in [-0.2, -0.15) is 0 Å². The molecule has 2 N–H and O–H groups in total. The molecule has 11 heavy (non-hydrogen) atoms. The van der Waals surface area contributed by atoms with Gasteiger partial charge in [0, 0.05) is 0 Å². The summed E-state index contributed by atoms with van der Waals surface area (Å²) < 4.78 is 4.95. The molecule has 0 amide bonds. The van der Waals surface area contributed by atoms with Crippen molar-refractivity contribution in [1.29, 1.82) is 0 Å². The Hall–Kier alpha value is 1.17. The van der Waals surface area contributed by atoms with Crippen molar-refractivity contribution >= 4 is 0 Å². The van der Waals surface area contributed by atoms with Crippen LogP contribution < -0.4 is 42.0 Å². The Morgan fingerprint density at radius 1 is 1.36 bits per heavy atom. The maximum Gasteiger partial charge on any atom is 1.00 e. The van der Waals surface area contributed by atoms with Gasteiger partial charge < -0.3 is 27.4 Å². The van der Waals surface area contributed by atoms with Crippen molar-refractivity contribution in [2.24, 2.45) is 0 Å². The Bertz CT molecular complexity index is 72.8. The van der Waals surface area contributed by atoms with Gasteiger partial charge in [-0.15, -0.1) is 0 Å². The summed E-state index contributed by atoms with van der Waals surface area (Å²) in [6.45, 7) is 3.70. The largest absolute Gasteiger partial charge is 1.00 e. The van der Waals surface area contributed by atoms with Crippen LogP contribution in [0.1, 0.15) is 13.8 Å². The van der Waals surface area contributed by atoms with Crippen molar-refractivity contribution in [3.63, 3.8) is 0 Å². The first-order chi connectivity index (χ1) is 4.16. The number of halogens is 1. The molecular weight excluding hydrogens is 179 g/mol. The zero-order valence-electron chi connectivity index (χ0n) is 7.25. The first-order valence-corrected chi connectivity index (χ1v) is 3.07. The van der Waals surface area contributed by atoms with Crippen LogP contribution in [0.4, 0.5) is 0 Å². The SMILES string of the molecule is CC(O)COC(C)CO.[Cl-].[Na+]. The summed E-state index contributed by atoms with van der Waals surface area (Å²) >= 11 is 0. The molecule has 2 unspecified atom stereocenters. The van der Waals surface area contributed by atoms with Crippen LogP contribution >= 0.6 is 0 Å². The Labute approximate surface area is 95.8 Å². The monoisotopic (exact) mass is 192 g/mol. The number of aliphatic hydroxyl groups excluding tert-OH is 2. The van der Waals surface area contributed by atoms with E-state index in [1.54, 1.807) is 13.8 Å². The van der Waals surface area contributed by atoms with E-state index in [0.717, 1.165) is 0 Å². The summed E-state index contributed by atoms with van der Waals surface area (Å²) in [6, 6.07) is 0. The molecule has 0 aliphatic carbocycles. The number of hydrogen-bond donors (Lipinski definition) is 2. The molecule has 0 aromatic carbocycles. The third-order valence-corrected chi connectivity index (χ3v) is 0.879. The summed E-state index contributed by atoms with van der Waals surface area (Å²) in [5.41, 5.74) is 0. The molecule has 0 aliphatic heterocycles. The Morgan fingerprint density at radius 3 is 2.09 bits per heavy atom. The minimum absolute atomic E-state index is 0. The number of aliphatic hydroxyl groups is 2. The van der Waals surface area contributed by atoms with Crippen molar-refractivity contribution in [3.8, 4) is 0 Å². The standard InChI is InChI=1S/C6H14O3.ClH.Na/c1-5(8)4-9-6(2)3-7;;/h5-8H,3-4H2,1-2H3;1H;/q;;+1/p-1. The second-order valence-corrected chi connectivity index (χ2v) is 2.18. The average Bonchev–Trinajstić information content (AvgIpc) is 1.83. The van der Waals surface area contributed by atoms with E-state index in [-0.39, 0.29) is 54.7 Å². The van der Waals surface area contributed by atoms with Gasteiger partial charge in [-0.05, 0) is 13.8 Å². The van der Waals surface area contributed by atoms with Gasteiger partial charge in [-0.25, -0.2) is 0 Å². The third kappa shape index (κ3) is 14.1. The zero-order chi connectivity index (χ0) is 7.28. The molecule has 0 bridgehead atoms. The van der Waals surface area contributed by atoms with Crippen molar-refractivity contribution < 1.29 is 56.9 Å². The van der Waals surface area contributed by atoms with E-state index in [2.05, 4.69) is 0 Å². The fourth-order valence-corrected chi connectivity index (χ4v) is 0.356. The molecule has 5 heteroatoms. The molecule has 0 saturated carbocycles. The fourth-order valence-electron chi connectivity index (χ4n) is 0.356. The molecule has 0 radical (unpaired) electrons. The molecule has 0 aliphatic rings. The van der Waals surface area contributed by atoms with E-state index in [1.807, 2.05) is 0 Å². The van der Waals surface area contributed by atoms with E-state index in [4.69, 9.17) is 14.9 Å². The Balaban J connectivity index is -0.000000320. The minimum atomic E-state index is -0.445. The van der Waals surface area contributed by atoms with Crippen LogP contribution in [0.5, 0.6) is 0 Å². The van der Waals surface area contributed by atoms with Crippen LogP contribution in [0.25, 0.3) is 0 Å². The van der Waals surface area contributed by atoms with E-state index in [1.165, 1.54) is 0 Å². The van der Waals surface area contributed by atoms with E-state index < -0.39 is 6.10 Å². The van der Waals surface area contributed by atoms with Crippen molar-refractivity contribution in [3.05, 3.63) is 0 Å². The number of rotatable bonds is 4. The van der Waals surface area contributed by atoms with Gasteiger partial charge in [-0.1, -0.05) is 0 Å². The summed E-state index contributed by atoms with van der Waals surface area (Å²) in [5, 5.41) is 17.1. The van der Waals surface area contributed by atoms with Gasteiger partial charge in [0.05, 0.1) is 25.4 Å². The van der Waals surface area contributed by atoms with Gasteiger partial charge >= 0.3 is 29.6 Å². The molecule has 0 saturated heterocycles. The molecule has 0 fully saturated rings. The molecular formula is C6H14ClNaO3. The van der Waals surface area contributed by atoms with E-state index in [9.17, 15) is 0 Å². The van der Waals surface area contributed by atoms with Crippen molar-refractivity contribution in [1.82, 2.24) is 0 Å². The second-order valence-electron chi connectivity index (χ2n) is 2.18. The zero-order valence-corrected chi connectivity index (χ0v) is 10.0. The van der Waals surface area contributed by atoms with Crippen LogP contribution in [0, 0.1) is 0 Å². The van der Waals surface area contributed by atoms with Crippen LogP contribution in [0.2, 0.25) is 0 Å². The number of ether oxygens (including phenoxy) is 1. The van der Waals surface area contributed by atoms with Crippen molar-refractivity contribution in [2.75, 3.05) is 13.2 Å². The van der Waals surface area contributed by atoms with E-state index in [0.29, 0.717) is 6.61 Å². The maximum absolute atomic E-state index is 8.69. The molecule has 0 rings (SSSR count). The predicted molar refractivity (Wildman–Crippen MR) is 34.2 cm³/mol. The fraction of sp³-hybridized carbons (Fsp3) is 1.00. The molecule has 0 heterocycles. The maximum atomic E-state index is 8.69. The first-order valence-electron chi connectivity index (χ1n) is 3.07. The molecule has 3 nitrogen and oxygen atoms in total. The average molecular weight is 193 g/mol. The smallest absolute Gasteiger partial charge is 1.00 e. The van der Waals surface area contributed by atoms with Crippen LogP contribution in [0.15, 0.2) is 0 Å². The summed E-state index contributed by atoms with van der Waals surface area (Å²) in [4.78, 5) is 0. The number of hydrogen-bond acceptors (Lipinski definition) is 3. The first kappa shape index (κ1) is 18.1. The summed E-state index contributed by atoms with van der Waals surface area (Å²) in [6.07, 6.45) is -0.612. The summed E-state index contributed by atoms with van der Waals surface area (Å²) in [5.74, 6) is 0. The molecule has 2 atom stereocenters. The molecule has 64 valence electrons. The van der Waals surface area contributed by atoms with Gasteiger partial charge in [0.25, 0.3) is 0 Å². The second kappa shape index (κ2) is 11.2.